The summed E-state index contributed by atoms with van der Waals surface area (Å²) in [6.07, 6.45) is 12.0. The zero-order valence-electron chi connectivity index (χ0n) is 90.0. The van der Waals surface area contributed by atoms with E-state index in [4.69, 9.17) is 111 Å². The predicted molar refractivity (Wildman–Crippen MR) is 532 cm³/mol. The molecule has 15 aliphatic rings. The van der Waals surface area contributed by atoms with E-state index >= 15 is 0 Å². The summed E-state index contributed by atoms with van der Waals surface area (Å²) in [4.78, 5) is 40.7. The molecule has 1 saturated carbocycles. The van der Waals surface area contributed by atoms with Gasteiger partial charge in [-0.15, -0.1) is 0 Å². The number of alkyl halides is 3. The van der Waals surface area contributed by atoms with E-state index in [2.05, 4.69) is 79.7 Å². The number of aliphatic hydroxyl groups is 6. The number of methoxy groups -OCH3 is 4. The number of allylic oxidation sites excluding steroid dienone is 6. The van der Waals surface area contributed by atoms with Crippen molar-refractivity contribution in [3.8, 4) is 0 Å². The fraction of sp³-hybridized carbons (Fsp3) is 0.723. The third-order valence-electron chi connectivity index (χ3n) is 33.2. The summed E-state index contributed by atoms with van der Waals surface area (Å²) in [6, 6.07) is 0. The van der Waals surface area contributed by atoms with Crippen LogP contribution in [0.2, 0.25) is 0 Å². The zero-order valence-corrected chi connectivity index (χ0v) is 90.8. The molecule has 3 aliphatic carbocycles. The van der Waals surface area contributed by atoms with Crippen LogP contribution in [-0.4, -0.2) is 291 Å². The van der Waals surface area contributed by atoms with Gasteiger partial charge in [0, 0.05) is 109 Å². The minimum atomic E-state index is -4.78. The van der Waals surface area contributed by atoms with Crippen LogP contribution in [0.4, 0.5) is 30.7 Å². The van der Waals surface area contributed by atoms with Crippen LogP contribution in [0.3, 0.4) is 0 Å². The van der Waals surface area contributed by atoms with E-state index in [-0.39, 0.29) is 85.3 Å². The Labute approximate surface area is 880 Å². The third kappa shape index (κ3) is 25.6. The Morgan fingerprint density at radius 2 is 0.913 bits per heavy atom. The summed E-state index contributed by atoms with van der Waals surface area (Å²) in [5.74, 6) is -14.9. The van der Waals surface area contributed by atoms with Gasteiger partial charge in [-0.05, 0) is 144 Å². The second-order valence-electron chi connectivity index (χ2n) is 44.6. The van der Waals surface area contributed by atoms with Crippen molar-refractivity contribution in [3.63, 3.8) is 0 Å². The number of halogens is 8. The lowest BCUT2D eigenvalue weighted by atomic mass is 9.71. The minimum Gasteiger partial charge on any atom is -0.462 e. The molecule has 150 heavy (non-hydrogen) atoms. The summed E-state index contributed by atoms with van der Waals surface area (Å²) in [5, 5.41) is 67.0. The van der Waals surface area contributed by atoms with Crippen LogP contribution in [0.5, 0.6) is 0 Å². The van der Waals surface area contributed by atoms with E-state index < -0.39 is 257 Å². The first-order chi connectivity index (χ1) is 70.7. The molecule has 41 atom stereocenters. The SMILES string of the molecule is CC[C@H](C)[C@H]1O[C@]2(C=C[C@@H]1C)C[C@@H]1C[C@@H](C/C=C(\C)[C@@H](O[C@H]3C[C@H](OC)[C@@H](O[C@H]4C[C@H](OC)[C@@H](O)[C@H](C)O4)[C@H](C)O3)[C@@H](C)/C=C/C=C3\CO[C@@H]4[C@H](O)C(C)=C[C@@H](C(=O)O1)[C@]34O)O2.CO[C@H]1C[C@H](O[C@H]2[C@H](C)O[C@@H](O[C@@H]3/C(C)=C/C[C@@H]4C[C@@H](C[C@]5(C=C[C@H](C)[C@@H](C(C)C)O5)O4)OC(=O)[C@@H]4C=C(C)[C@@H](O)[C@H]5OC/C(=C\C=C\[C@@H]3C)[C@]54O)C[C@@H]2OC)O[C@@H](C)[C@@H]1O.Cc1c(F)c(F)c(COC(=O)C2C(/C=C(\Cl)C(F)(F)F)C2(C)C)c(F)c1F. The van der Waals surface area contributed by atoms with Gasteiger partial charge in [-0.25, -0.2) is 17.6 Å². The molecular weight excluding hydrogens is 1990 g/mol. The molecule has 0 aromatic heterocycles. The maximum Gasteiger partial charge on any atom is 0.426 e. The number of aliphatic hydroxyl groups excluding tert-OH is 4. The maximum absolute atomic E-state index is 14.3. The molecule has 6 N–H and O–H groups in total. The summed E-state index contributed by atoms with van der Waals surface area (Å²) >= 11 is 5.15. The van der Waals surface area contributed by atoms with Crippen LogP contribution in [0.1, 0.15) is 206 Å². The first-order valence-corrected chi connectivity index (χ1v) is 53.2. The molecule has 0 amide bonds. The monoisotopic (exact) mass is 2150 g/mol. The highest BCUT2D eigenvalue weighted by molar-refractivity contribution is 6.30. The number of fused-ring (bicyclic) bond motifs is 4. The van der Waals surface area contributed by atoms with Crippen molar-refractivity contribution < 1.29 is 175 Å². The van der Waals surface area contributed by atoms with Gasteiger partial charge in [0.25, 0.3) is 0 Å². The number of rotatable bonds is 19. The largest absolute Gasteiger partial charge is 0.462 e. The van der Waals surface area contributed by atoms with Gasteiger partial charge in [0.15, 0.2) is 60.0 Å². The van der Waals surface area contributed by atoms with Gasteiger partial charge in [-0.2, -0.15) is 13.2 Å². The number of benzene rings is 1. The molecule has 1 aromatic carbocycles. The fourth-order valence-electron chi connectivity index (χ4n) is 23.8. The predicted octanol–water partition coefficient (Wildman–Crippen LogP) is 15.9. The van der Waals surface area contributed by atoms with Crippen molar-refractivity contribution in [1.82, 2.24) is 0 Å². The average Bonchev–Trinajstić information content (AvgIpc) is 1.56. The molecule has 12 heterocycles. The number of carbonyl (C=O) groups excluding carboxylic acids is 3. The highest BCUT2D eigenvalue weighted by Gasteiger charge is 2.65. The van der Waals surface area contributed by atoms with E-state index in [1.807, 2.05) is 64.2 Å². The molecular formula is C112H156ClF7O30. The Kier molecular flexibility index (Phi) is 38.9. The lowest BCUT2D eigenvalue weighted by Crippen LogP contribution is -2.58. The van der Waals surface area contributed by atoms with Crippen molar-refractivity contribution in [3.05, 3.63) is 164 Å². The number of hydrogen-bond donors (Lipinski definition) is 6. The van der Waals surface area contributed by atoms with Crippen LogP contribution in [0.15, 0.2) is 130 Å². The maximum atomic E-state index is 14.3. The minimum absolute atomic E-state index is 0.0313. The molecule has 1 aromatic rings. The first kappa shape index (κ1) is 119. The molecule has 12 aliphatic heterocycles. The summed E-state index contributed by atoms with van der Waals surface area (Å²) in [6.45, 7) is 34.7. The molecule has 0 radical (unpaired) electrons. The van der Waals surface area contributed by atoms with Crippen molar-refractivity contribution in [2.24, 2.45) is 64.6 Å². The van der Waals surface area contributed by atoms with E-state index in [0.717, 1.165) is 24.5 Å². The lowest BCUT2D eigenvalue weighted by Gasteiger charge is -2.48. The zero-order chi connectivity index (χ0) is 110. The van der Waals surface area contributed by atoms with Gasteiger partial charge in [-0.3, -0.25) is 14.4 Å². The van der Waals surface area contributed by atoms with Gasteiger partial charge in [0.1, 0.15) is 95.7 Å². The Bertz CT molecular complexity index is 5200. The highest BCUT2D eigenvalue weighted by atomic mass is 35.5. The Morgan fingerprint density at radius 3 is 1.31 bits per heavy atom. The summed E-state index contributed by atoms with van der Waals surface area (Å²) in [7, 11) is 6.44. The van der Waals surface area contributed by atoms with Crippen molar-refractivity contribution >= 4 is 29.5 Å². The highest BCUT2D eigenvalue weighted by Crippen LogP contribution is 2.61. The van der Waals surface area contributed by atoms with Crippen LogP contribution >= 0.6 is 11.6 Å². The van der Waals surface area contributed by atoms with Gasteiger partial charge in [0.2, 0.25) is 0 Å². The van der Waals surface area contributed by atoms with E-state index in [0.29, 0.717) is 92.6 Å². The van der Waals surface area contributed by atoms with Gasteiger partial charge >= 0.3 is 24.1 Å². The van der Waals surface area contributed by atoms with Gasteiger partial charge in [-0.1, -0.05) is 166 Å². The molecule has 30 nitrogen and oxygen atoms in total. The van der Waals surface area contributed by atoms with E-state index in [1.165, 1.54) is 13.8 Å². The normalized spacial score (nSPS) is 44.3. The van der Waals surface area contributed by atoms with Crippen LogP contribution in [0, 0.1) is 94.8 Å². The van der Waals surface area contributed by atoms with Crippen LogP contribution < -0.4 is 0 Å². The average molecular weight is 2150 g/mol. The fourth-order valence-corrected chi connectivity index (χ4v) is 24.0. The lowest BCUT2D eigenvalue weighted by molar-refractivity contribution is -0.318. The van der Waals surface area contributed by atoms with Gasteiger partial charge in [0.05, 0.1) is 110 Å². The van der Waals surface area contributed by atoms with E-state index in [9.17, 15) is 75.8 Å². The van der Waals surface area contributed by atoms with Crippen LogP contribution in [-0.2, 0) is 120 Å². The third-order valence-corrected chi connectivity index (χ3v) is 33.5. The molecule has 4 bridgehead atoms. The smallest absolute Gasteiger partial charge is 0.426 e. The molecule has 2 spiro atoms. The standard InChI is InChI=1S/C48H72O14.C47H70O14.C17H14ClF7O2/c1-11-25(2)43-28(5)17-18-47(62-43)23-34-20-33(61-47)16-15-27(4)42(26(3)13-12-14-32-24-55-45-40(49)29(6)19-35(46(51)58-34)48(32,45)52)59-39-22-37(54-10)44(31(8)57-39)60-38-21-36(53-9)41(50)30(7)56-38;1-24(2)41-27(5)16-17-46(61-41)22-33-19-32(60-46)15-14-26(4)42(25(3)12-11-13-31-23-54-44-39(48)28(6)18-34(45(50)57-33)47(31,44)51)58-38-21-36(53-10)43(30(8)56-38)59-37-20-35(52-9)40(49)29(7)55-37;1-6-11(19)13(21)7(14(22)12(6)20)5-27-15(26)10-8(16(10,2)3)4-9(18)17(23,24)25/h12-15,17-19,25-26,28,30-31,33-45,49-50,52H,11,16,20-24H2,1-10H3;11-14,16-18,24-25,27,29-30,32-44,48-49,51H,15,19-23H2,1-10H3;4,8,10H,5H2,1-3H3/b13-12+,27-15+,32-14+;12-11+,26-14+,31-13+;9-4-/t25-,26-,28-,30-,31-,33+,34-,35-,36-,37-,38-,39-,40+,41-,42-,43+,44-,45+,47+,48+;25-,27-,29-,30-,32+,33-,34-,35-,36-,37-,38-,39+,40-,41+,42-,43-,44+,46+,47+;/m00./s1. The molecule has 840 valence electrons. The number of esters is 3. The summed E-state index contributed by atoms with van der Waals surface area (Å²) < 4.78 is 224. The van der Waals surface area contributed by atoms with E-state index in [1.54, 1.807) is 80.4 Å². The Morgan fingerprint density at radius 1 is 0.520 bits per heavy atom. The molecule has 2 unspecified atom stereocenters. The van der Waals surface area contributed by atoms with Crippen LogP contribution in [0.25, 0.3) is 0 Å². The molecule has 16 rings (SSSR count). The quantitative estimate of drug-likeness (QED) is 0.0246. The topological polar surface area (TPSA) is 366 Å². The number of ether oxygens (including phenoxy) is 21. The Balaban J connectivity index is 0.000000191. The van der Waals surface area contributed by atoms with Crippen molar-refractivity contribution in [1.29, 1.82) is 0 Å². The first-order valence-electron chi connectivity index (χ1n) is 52.8. The second kappa shape index (κ2) is 49.0. The number of carbonyl (C=O) groups is 3. The second-order valence-corrected chi connectivity index (χ2v) is 45.0. The van der Waals surface area contributed by atoms with Gasteiger partial charge < -0.3 is 130 Å². The molecule has 38 heteroatoms. The summed E-state index contributed by atoms with van der Waals surface area (Å²) in [5.41, 5.74) is -2.67. The molecule has 9 fully saturated rings. The number of hydrogen-bond acceptors (Lipinski definition) is 30. The van der Waals surface area contributed by atoms with Crippen molar-refractivity contribution in [2.75, 3.05) is 41.7 Å². The molecule has 8 saturated heterocycles. The van der Waals surface area contributed by atoms with Crippen molar-refractivity contribution in [2.45, 2.75) is 409 Å². The Hall–Kier alpha value is -6.39.